The Bertz CT molecular complexity index is 98.6. The molecule has 0 saturated carbocycles. The molecule has 0 aliphatic rings. The summed E-state index contributed by atoms with van der Waals surface area (Å²) < 4.78 is 0. The summed E-state index contributed by atoms with van der Waals surface area (Å²) in [6, 6.07) is 0. The van der Waals surface area contributed by atoms with E-state index in [0.29, 0.717) is 0 Å². The topological polar surface area (TPSA) is 60.2 Å². The summed E-state index contributed by atoms with van der Waals surface area (Å²) in [7, 11) is 1.98. The van der Waals surface area contributed by atoms with Crippen LogP contribution in [0.3, 0.4) is 0 Å². The van der Waals surface area contributed by atoms with Crippen LogP contribution in [0.1, 0.15) is 12.8 Å². The minimum Gasteiger partial charge on any atom is -0.370 e. The van der Waals surface area contributed by atoms with E-state index in [0.717, 1.165) is 0 Å². The van der Waals surface area contributed by atoms with Crippen LogP contribution in [0.2, 0.25) is 0 Å². The third-order valence-electron chi connectivity index (χ3n) is 0.618. The number of amides is 1. The van der Waals surface area contributed by atoms with Gasteiger partial charge in [0.15, 0.2) is 0 Å². The van der Waals surface area contributed by atoms with Gasteiger partial charge in [0.05, 0.1) is 0 Å². The van der Waals surface area contributed by atoms with Crippen LogP contribution in [0.4, 0.5) is 0 Å². The minimum atomic E-state index is -0.430. The number of carbonyl (C=O) groups is 2. The van der Waals surface area contributed by atoms with Gasteiger partial charge in [-0.3, -0.25) is 9.59 Å². The van der Waals surface area contributed by atoms with Crippen molar-refractivity contribution in [3.8, 4) is 0 Å². The molecule has 0 bridgehead atoms. The summed E-state index contributed by atoms with van der Waals surface area (Å²) in [4.78, 5) is 20.1. The van der Waals surface area contributed by atoms with Crippen LogP contribution in [0.15, 0.2) is 0 Å². The summed E-state index contributed by atoms with van der Waals surface area (Å²) in [6.07, 6.45) is 0.391. The molecule has 1 atom stereocenters. The third-order valence-corrected chi connectivity index (χ3v) is 0.906. The van der Waals surface area contributed by atoms with Gasteiger partial charge in [-0.15, -0.1) is 0 Å². The summed E-state index contributed by atoms with van der Waals surface area (Å²) in [5.74, 6) is -0.430. The number of carbonyl (C=O) groups excluding carboxylic acids is 2. The van der Waals surface area contributed by atoms with Gasteiger partial charge in [-0.2, -0.15) is 0 Å². The van der Waals surface area contributed by atoms with Crippen molar-refractivity contribution >= 4 is 20.7 Å². The maximum absolute atomic E-state index is 10.1. The van der Waals surface area contributed by atoms with Gasteiger partial charge in [-0.05, 0) is 0 Å². The maximum Gasteiger partial charge on any atom is 0.217 e. The van der Waals surface area contributed by atoms with Gasteiger partial charge in [0, 0.05) is 12.8 Å². The fourth-order valence-corrected chi connectivity index (χ4v) is 0.391. The predicted octanol–water partition coefficient (Wildman–Crippen LogP) is -0.346. The smallest absolute Gasteiger partial charge is 0.217 e. The van der Waals surface area contributed by atoms with Crippen LogP contribution in [-0.4, -0.2) is 11.4 Å². The third kappa shape index (κ3) is 5.57. The Labute approximate surface area is 49.8 Å². The largest absolute Gasteiger partial charge is 0.370 e. The summed E-state index contributed by atoms with van der Waals surface area (Å²) in [6.45, 7) is 0. The van der Waals surface area contributed by atoms with Crippen molar-refractivity contribution in [3.05, 3.63) is 0 Å². The molecule has 0 saturated heterocycles. The van der Waals surface area contributed by atoms with Gasteiger partial charge < -0.3 is 5.73 Å². The van der Waals surface area contributed by atoms with Crippen molar-refractivity contribution in [1.29, 1.82) is 0 Å². The molecule has 3 nitrogen and oxygen atoms in total. The van der Waals surface area contributed by atoms with Crippen LogP contribution >= 0.6 is 9.24 Å². The summed E-state index contributed by atoms with van der Waals surface area (Å²) >= 11 is 0. The second kappa shape index (κ2) is 3.56. The highest BCUT2D eigenvalue weighted by molar-refractivity contribution is 7.40. The number of hydrogen-bond acceptors (Lipinski definition) is 2. The zero-order valence-electron chi connectivity index (χ0n) is 4.39. The molecule has 0 fully saturated rings. The second-order valence-electron chi connectivity index (χ2n) is 1.43. The molecule has 0 aliphatic heterocycles. The van der Waals surface area contributed by atoms with E-state index >= 15 is 0 Å². The van der Waals surface area contributed by atoms with Crippen molar-refractivity contribution in [3.63, 3.8) is 0 Å². The molecular formula is C4H8NO2P. The van der Waals surface area contributed by atoms with E-state index in [1.165, 1.54) is 0 Å². The number of hydrogen-bond donors (Lipinski definition) is 1. The lowest BCUT2D eigenvalue weighted by molar-refractivity contribution is -0.120. The maximum atomic E-state index is 10.1. The fourth-order valence-electron chi connectivity index (χ4n) is 0.246. The van der Waals surface area contributed by atoms with Gasteiger partial charge in [0.25, 0.3) is 0 Å². The van der Waals surface area contributed by atoms with Gasteiger partial charge in [0.1, 0.15) is 5.52 Å². The molecule has 0 aromatic heterocycles. The predicted molar refractivity (Wildman–Crippen MR) is 33.1 cm³/mol. The average Bonchev–Trinajstić information content (AvgIpc) is 1.61. The van der Waals surface area contributed by atoms with E-state index < -0.39 is 5.91 Å². The average molecular weight is 133 g/mol. The van der Waals surface area contributed by atoms with Crippen LogP contribution in [0.25, 0.3) is 0 Å². The highest BCUT2D eigenvalue weighted by atomic mass is 31.0. The molecule has 0 spiro atoms. The summed E-state index contributed by atoms with van der Waals surface area (Å²) in [5.41, 5.74) is 4.66. The number of primary amides is 1. The molecule has 2 N–H and O–H groups in total. The number of rotatable bonds is 3. The first kappa shape index (κ1) is 7.57. The lowest BCUT2D eigenvalue weighted by atomic mass is 10.3. The van der Waals surface area contributed by atoms with Crippen molar-refractivity contribution < 1.29 is 9.59 Å². The van der Waals surface area contributed by atoms with Crippen LogP contribution in [0.5, 0.6) is 0 Å². The molecule has 0 heterocycles. The normalized spacial score (nSPS) is 8.62. The first-order chi connectivity index (χ1) is 3.63. The Morgan fingerprint density at radius 2 is 1.88 bits per heavy atom. The lowest BCUT2D eigenvalue weighted by Gasteiger charge is -1.87. The van der Waals surface area contributed by atoms with Gasteiger partial charge in [0.2, 0.25) is 5.91 Å². The molecule has 0 aliphatic carbocycles. The standard InChI is InChI=1S/C4H8NO2P/c5-3(6)1-2-4(7)8/h1-2,8H2,(H2,5,6). The molecule has 1 amide bonds. The Hall–Kier alpha value is -0.430. The van der Waals surface area contributed by atoms with E-state index in [4.69, 9.17) is 5.73 Å². The first-order valence-corrected chi connectivity index (χ1v) is 2.77. The molecule has 0 aromatic rings. The quantitative estimate of drug-likeness (QED) is 0.535. The SMILES string of the molecule is NC(=O)CCC(=O)P. The van der Waals surface area contributed by atoms with Crippen LogP contribution < -0.4 is 5.73 Å². The van der Waals surface area contributed by atoms with E-state index in [2.05, 4.69) is 0 Å². The van der Waals surface area contributed by atoms with Crippen LogP contribution in [-0.2, 0) is 9.59 Å². The highest BCUT2D eigenvalue weighted by Gasteiger charge is 1.95. The highest BCUT2D eigenvalue weighted by Crippen LogP contribution is 1.94. The number of nitrogens with two attached hydrogens (primary N) is 1. The minimum absolute atomic E-state index is 0.0798. The van der Waals surface area contributed by atoms with Crippen molar-refractivity contribution in [2.75, 3.05) is 0 Å². The van der Waals surface area contributed by atoms with E-state index in [1.54, 1.807) is 0 Å². The first-order valence-electron chi connectivity index (χ1n) is 2.19. The zero-order chi connectivity index (χ0) is 6.57. The lowest BCUT2D eigenvalue weighted by Crippen LogP contribution is -2.10. The fraction of sp³-hybridized carbons (Fsp3) is 0.500. The van der Waals surface area contributed by atoms with E-state index in [9.17, 15) is 9.59 Å². The molecular weight excluding hydrogens is 125 g/mol. The summed E-state index contributed by atoms with van der Waals surface area (Å²) in [5, 5.41) is 0. The molecule has 4 heteroatoms. The van der Waals surface area contributed by atoms with E-state index in [1.807, 2.05) is 9.24 Å². The Morgan fingerprint density at radius 3 is 2.00 bits per heavy atom. The Balaban J connectivity index is 3.18. The van der Waals surface area contributed by atoms with E-state index in [-0.39, 0.29) is 18.4 Å². The second-order valence-corrected chi connectivity index (χ2v) is 2.08. The zero-order valence-corrected chi connectivity index (χ0v) is 5.54. The van der Waals surface area contributed by atoms with Crippen LogP contribution in [0, 0.1) is 0 Å². The van der Waals surface area contributed by atoms with Crippen molar-refractivity contribution in [2.24, 2.45) is 5.73 Å². The Morgan fingerprint density at radius 1 is 1.38 bits per heavy atom. The van der Waals surface area contributed by atoms with Gasteiger partial charge in [-0.1, -0.05) is 9.24 Å². The molecule has 0 radical (unpaired) electrons. The molecule has 0 rings (SSSR count). The monoisotopic (exact) mass is 133 g/mol. The van der Waals surface area contributed by atoms with Gasteiger partial charge in [-0.25, -0.2) is 0 Å². The van der Waals surface area contributed by atoms with Crippen molar-refractivity contribution in [2.45, 2.75) is 12.8 Å². The molecule has 0 aromatic carbocycles. The van der Waals surface area contributed by atoms with Gasteiger partial charge >= 0.3 is 0 Å². The Kier molecular flexibility index (Phi) is 3.37. The molecule has 8 heavy (non-hydrogen) atoms. The molecule has 1 unspecified atom stereocenters. The van der Waals surface area contributed by atoms with Crippen molar-refractivity contribution in [1.82, 2.24) is 0 Å². The molecule has 46 valence electrons.